The van der Waals surface area contributed by atoms with Crippen LogP contribution in [0.3, 0.4) is 0 Å². The summed E-state index contributed by atoms with van der Waals surface area (Å²) in [4.78, 5) is 6.93. The van der Waals surface area contributed by atoms with E-state index in [1.165, 1.54) is 16.8 Å². The monoisotopic (exact) mass is 285 g/mol. The second-order valence-electron chi connectivity index (χ2n) is 5.88. The second-order valence-corrected chi connectivity index (χ2v) is 5.88. The van der Waals surface area contributed by atoms with Gasteiger partial charge in [0.25, 0.3) is 0 Å². The Balaban J connectivity index is 1.68. The zero-order chi connectivity index (χ0) is 14.8. The van der Waals surface area contributed by atoms with Crippen LogP contribution >= 0.6 is 0 Å². The van der Waals surface area contributed by atoms with E-state index in [4.69, 9.17) is 4.74 Å². The van der Waals surface area contributed by atoms with Crippen molar-refractivity contribution < 1.29 is 4.74 Å². The maximum absolute atomic E-state index is 5.94. The molecule has 0 aliphatic carbocycles. The van der Waals surface area contributed by atoms with Crippen LogP contribution in [0, 0.1) is 13.8 Å². The van der Waals surface area contributed by atoms with Gasteiger partial charge in [0.1, 0.15) is 5.82 Å². The Bertz CT molecular complexity index is 603. The van der Waals surface area contributed by atoms with Gasteiger partial charge < -0.3 is 9.30 Å². The molecule has 0 saturated carbocycles. The number of ether oxygens (including phenoxy) is 1. The average molecular weight is 285 g/mol. The van der Waals surface area contributed by atoms with Crippen LogP contribution in [-0.2, 0) is 18.3 Å². The lowest BCUT2D eigenvalue weighted by atomic mass is 10.1. The molecule has 1 atom stereocenters. The molecule has 0 amide bonds. The minimum atomic E-state index is 0.167. The third-order valence-corrected chi connectivity index (χ3v) is 4.28. The molecule has 1 aromatic heterocycles. The molecule has 4 heteroatoms. The molecule has 1 fully saturated rings. The lowest BCUT2D eigenvalue weighted by Crippen LogP contribution is -2.38. The van der Waals surface area contributed by atoms with Crippen molar-refractivity contribution in [1.82, 2.24) is 14.5 Å². The van der Waals surface area contributed by atoms with Crippen LogP contribution in [0.5, 0.6) is 0 Å². The highest BCUT2D eigenvalue weighted by Gasteiger charge is 2.23. The van der Waals surface area contributed by atoms with Crippen molar-refractivity contribution in [2.24, 2.45) is 7.05 Å². The average Bonchev–Trinajstić information content (AvgIpc) is 2.80. The molecule has 1 aliphatic heterocycles. The third kappa shape index (κ3) is 3.17. The number of hydrogen-bond acceptors (Lipinski definition) is 3. The minimum absolute atomic E-state index is 0.167. The fourth-order valence-electron chi connectivity index (χ4n) is 2.72. The Hall–Kier alpha value is -1.65. The van der Waals surface area contributed by atoms with E-state index in [0.29, 0.717) is 0 Å². The molecule has 0 N–H and O–H groups in total. The first-order chi connectivity index (χ1) is 10.1. The van der Waals surface area contributed by atoms with Gasteiger partial charge in [0.15, 0.2) is 0 Å². The summed E-state index contributed by atoms with van der Waals surface area (Å²) in [5, 5.41) is 0. The van der Waals surface area contributed by atoms with Crippen molar-refractivity contribution in [3.05, 3.63) is 53.1 Å². The number of nitrogens with zero attached hydrogens (tertiary/aromatic N) is 3. The van der Waals surface area contributed by atoms with Crippen LogP contribution in [0.1, 0.15) is 28.7 Å². The van der Waals surface area contributed by atoms with E-state index in [2.05, 4.69) is 59.6 Å². The van der Waals surface area contributed by atoms with E-state index in [1.54, 1.807) is 0 Å². The smallest absolute Gasteiger partial charge is 0.122 e. The van der Waals surface area contributed by atoms with Gasteiger partial charge in [-0.05, 0) is 19.4 Å². The lowest BCUT2D eigenvalue weighted by molar-refractivity contribution is -0.0339. The molecule has 0 spiro atoms. The van der Waals surface area contributed by atoms with E-state index in [1.807, 2.05) is 6.20 Å². The SMILES string of the molecule is Cc1ccc(C2CN(Cc3ncc(C)n3C)CCO2)cc1. The molecule has 2 heterocycles. The summed E-state index contributed by atoms with van der Waals surface area (Å²) in [5.74, 6) is 1.12. The van der Waals surface area contributed by atoms with Gasteiger partial charge in [-0.1, -0.05) is 29.8 Å². The van der Waals surface area contributed by atoms with E-state index in [9.17, 15) is 0 Å². The number of hydrogen-bond donors (Lipinski definition) is 0. The van der Waals surface area contributed by atoms with E-state index < -0.39 is 0 Å². The first kappa shape index (κ1) is 14.3. The van der Waals surface area contributed by atoms with Crippen LogP contribution in [0.15, 0.2) is 30.5 Å². The molecule has 1 saturated heterocycles. The number of imidazole rings is 1. The molecule has 3 rings (SSSR count). The highest BCUT2D eigenvalue weighted by Crippen LogP contribution is 2.23. The van der Waals surface area contributed by atoms with Gasteiger partial charge >= 0.3 is 0 Å². The van der Waals surface area contributed by atoms with Gasteiger partial charge in [-0.3, -0.25) is 4.90 Å². The quantitative estimate of drug-likeness (QED) is 0.868. The first-order valence-corrected chi connectivity index (χ1v) is 7.51. The summed E-state index contributed by atoms with van der Waals surface area (Å²) in [6.07, 6.45) is 2.11. The molecule has 1 unspecified atom stereocenters. The Morgan fingerprint density at radius 1 is 1.24 bits per heavy atom. The highest BCUT2D eigenvalue weighted by atomic mass is 16.5. The van der Waals surface area contributed by atoms with Crippen LogP contribution < -0.4 is 0 Å². The van der Waals surface area contributed by atoms with Gasteiger partial charge in [0, 0.05) is 32.0 Å². The standard InChI is InChI=1S/C17H23N3O/c1-13-4-6-15(7-5-13)16-11-20(8-9-21-16)12-17-18-10-14(2)19(17)3/h4-7,10,16H,8-9,11-12H2,1-3H3. The van der Waals surface area contributed by atoms with E-state index >= 15 is 0 Å². The Morgan fingerprint density at radius 2 is 2.00 bits per heavy atom. The van der Waals surface area contributed by atoms with Gasteiger partial charge in [0.05, 0.1) is 19.3 Å². The van der Waals surface area contributed by atoms with Gasteiger partial charge in [-0.15, -0.1) is 0 Å². The summed E-state index contributed by atoms with van der Waals surface area (Å²) in [5.41, 5.74) is 3.75. The Kier molecular flexibility index (Phi) is 4.08. The van der Waals surface area contributed by atoms with Crippen molar-refractivity contribution in [1.29, 1.82) is 0 Å². The van der Waals surface area contributed by atoms with Crippen LogP contribution in [0.4, 0.5) is 0 Å². The molecule has 2 aromatic rings. The molecule has 4 nitrogen and oxygen atoms in total. The summed E-state index contributed by atoms with van der Waals surface area (Å²) in [6, 6.07) is 8.66. The molecule has 112 valence electrons. The molecular formula is C17H23N3O. The normalized spacial score (nSPS) is 19.9. The number of aryl methyl sites for hydroxylation is 2. The fourth-order valence-corrected chi connectivity index (χ4v) is 2.72. The molecule has 0 radical (unpaired) electrons. The second kappa shape index (κ2) is 6.00. The van der Waals surface area contributed by atoms with Crippen LogP contribution in [0.2, 0.25) is 0 Å². The topological polar surface area (TPSA) is 30.3 Å². The fraction of sp³-hybridized carbons (Fsp3) is 0.471. The number of benzene rings is 1. The summed E-state index contributed by atoms with van der Waals surface area (Å²) < 4.78 is 8.10. The largest absolute Gasteiger partial charge is 0.371 e. The van der Waals surface area contributed by atoms with Gasteiger partial charge in [-0.2, -0.15) is 0 Å². The van der Waals surface area contributed by atoms with Crippen molar-refractivity contribution in [3.63, 3.8) is 0 Å². The Labute approximate surface area is 126 Å². The number of aromatic nitrogens is 2. The van der Waals surface area contributed by atoms with Crippen LogP contribution in [0.25, 0.3) is 0 Å². The Morgan fingerprint density at radius 3 is 2.67 bits per heavy atom. The van der Waals surface area contributed by atoms with Gasteiger partial charge in [0.2, 0.25) is 0 Å². The van der Waals surface area contributed by atoms with Crippen molar-refractivity contribution in [2.45, 2.75) is 26.5 Å². The maximum Gasteiger partial charge on any atom is 0.122 e. The summed E-state index contributed by atoms with van der Waals surface area (Å²) in [6.45, 7) is 7.76. The summed E-state index contributed by atoms with van der Waals surface area (Å²) in [7, 11) is 2.08. The zero-order valence-corrected chi connectivity index (χ0v) is 13.0. The minimum Gasteiger partial charge on any atom is -0.371 e. The van der Waals surface area contributed by atoms with Crippen molar-refractivity contribution in [2.75, 3.05) is 19.7 Å². The lowest BCUT2D eigenvalue weighted by Gasteiger charge is -2.33. The molecule has 1 aromatic carbocycles. The van der Waals surface area contributed by atoms with Crippen molar-refractivity contribution in [3.8, 4) is 0 Å². The summed E-state index contributed by atoms with van der Waals surface area (Å²) >= 11 is 0. The van der Waals surface area contributed by atoms with Crippen LogP contribution in [-0.4, -0.2) is 34.1 Å². The first-order valence-electron chi connectivity index (χ1n) is 7.51. The van der Waals surface area contributed by atoms with E-state index in [-0.39, 0.29) is 6.10 Å². The number of rotatable bonds is 3. The number of morpholine rings is 1. The highest BCUT2D eigenvalue weighted by molar-refractivity contribution is 5.23. The van der Waals surface area contributed by atoms with Crippen molar-refractivity contribution >= 4 is 0 Å². The zero-order valence-electron chi connectivity index (χ0n) is 13.0. The van der Waals surface area contributed by atoms with E-state index in [0.717, 1.165) is 32.1 Å². The molecule has 21 heavy (non-hydrogen) atoms. The molecule has 0 bridgehead atoms. The maximum atomic E-state index is 5.94. The predicted octanol–water partition coefficient (Wildman–Crippen LogP) is 2.61. The van der Waals surface area contributed by atoms with Gasteiger partial charge in [-0.25, -0.2) is 4.98 Å². The predicted molar refractivity (Wildman–Crippen MR) is 83.1 cm³/mol. The molecule has 1 aliphatic rings. The third-order valence-electron chi connectivity index (χ3n) is 4.28. The molecular weight excluding hydrogens is 262 g/mol.